The van der Waals surface area contributed by atoms with E-state index in [0.29, 0.717) is 5.92 Å². The lowest BCUT2D eigenvalue weighted by atomic mass is 9.93. The Labute approximate surface area is 86.1 Å². The number of hydrogen-bond donors (Lipinski definition) is 0. The van der Waals surface area contributed by atoms with E-state index in [-0.39, 0.29) is 0 Å². The van der Waals surface area contributed by atoms with Crippen LogP contribution in [0, 0.1) is 0 Å². The molecule has 14 heavy (non-hydrogen) atoms. The van der Waals surface area contributed by atoms with Crippen molar-refractivity contribution < 1.29 is 4.74 Å². The first-order valence-corrected chi connectivity index (χ1v) is 5.51. The molecule has 0 aliphatic carbocycles. The highest BCUT2D eigenvalue weighted by Crippen LogP contribution is 2.35. The van der Waals surface area contributed by atoms with Crippen molar-refractivity contribution in [1.82, 2.24) is 0 Å². The highest BCUT2D eigenvalue weighted by atomic mass is 16.5. The molecule has 1 heteroatoms. The third-order valence-electron chi connectivity index (χ3n) is 2.98. The Morgan fingerprint density at radius 2 is 2.14 bits per heavy atom. The predicted molar refractivity (Wildman–Crippen MR) is 59.1 cm³/mol. The number of ether oxygens (including phenoxy) is 1. The molecular weight excluding hydrogens is 172 g/mol. The van der Waals surface area contributed by atoms with E-state index in [9.17, 15) is 0 Å². The summed E-state index contributed by atoms with van der Waals surface area (Å²) in [7, 11) is 0. The molecule has 1 aromatic rings. The summed E-state index contributed by atoms with van der Waals surface area (Å²) in [5.74, 6) is 1.79. The zero-order valence-electron chi connectivity index (χ0n) is 9.26. The molecule has 0 fully saturated rings. The minimum Gasteiger partial charge on any atom is -0.493 e. The predicted octanol–water partition coefficient (Wildman–Crippen LogP) is 3.31. The monoisotopic (exact) mass is 190 g/mol. The van der Waals surface area contributed by atoms with Crippen LogP contribution in [0.2, 0.25) is 0 Å². The van der Waals surface area contributed by atoms with Crippen LogP contribution < -0.4 is 4.74 Å². The Morgan fingerprint density at radius 3 is 2.79 bits per heavy atom. The zero-order chi connectivity index (χ0) is 10.1. The minimum atomic E-state index is 0.608. The SMILES string of the molecule is CCc1ccc(C(C)C)c2c1OCC2. The lowest BCUT2D eigenvalue weighted by Crippen LogP contribution is -1.95. The van der Waals surface area contributed by atoms with Crippen LogP contribution >= 0.6 is 0 Å². The van der Waals surface area contributed by atoms with E-state index in [4.69, 9.17) is 4.74 Å². The number of aryl methyl sites for hydroxylation is 1. The third-order valence-corrected chi connectivity index (χ3v) is 2.98. The average molecular weight is 190 g/mol. The summed E-state index contributed by atoms with van der Waals surface area (Å²) in [6.07, 6.45) is 2.16. The normalized spacial score (nSPS) is 14.3. The molecule has 0 atom stereocenters. The van der Waals surface area contributed by atoms with E-state index in [0.717, 1.165) is 19.4 Å². The molecule has 0 saturated heterocycles. The van der Waals surface area contributed by atoms with Crippen molar-refractivity contribution in [2.75, 3.05) is 6.61 Å². The van der Waals surface area contributed by atoms with E-state index in [1.165, 1.54) is 22.4 Å². The summed E-state index contributed by atoms with van der Waals surface area (Å²) in [6.45, 7) is 7.55. The molecule has 1 heterocycles. The van der Waals surface area contributed by atoms with Crippen molar-refractivity contribution in [3.8, 4) is 5.75 Å². The van der Waals surface area contributed by atoms with Gasteiger partial charge in [-0.3, -0.25) is 0 Å². The quantitative estimate of drug-likeness (QED) is 0.695. The smallest absolute Gasteiger partial charge is 0.126 e. The van der Waals surface area contributed by atoms with Gasteiger partial charge < -0.3 is 4.74 Å². The fraction of sp³-hybridized carbons (Fsp3) is 0.538. The van der Waals surface area contributed by atoms with Gasteiger partial charge in [-0.05, 0) is 23.5 Å². The van der Waals surface area contributed by atoms with Crippen molar-refractivity contribution in [2.24, 2.45) is 0 Å². The maximum atomic E-state index is 5.71. The van der Waals surface area contributed by atoms with Gasteiger partial charge in [0.1, 0.15) is 5.75 Å². The molecule has 2 rings (SSSR count). The fourth-order valence-corrected chi connectivity index (χ4v) is 2.20. The molecule has 1 aromatic carbocycles. The lowest BCUT2D eigenvalue weighted by Gasteiger charge is -2.13. The molecule has 1 nitrogen and oxygen atoms in total. The van der Waals surface area contributed by atoms with Gasteiger partial charge in [0.2, 0.25) is 0 Å². The Kier molecular flexibility index (Phi) is 2.49. The minimum absolute atomic E-state index is 0.608. The van der Waals surface area contributed by atoms with Gasteiger partial charge >= 0.3 is 0 Å². The molecule has 1 aliphatic heterocycles. The van der Waals surface area contributed by atoms with Crippen molar-refractivity contribution >= 4 is 0 Å². The lowest BCUT2D eigenvalue weighted by molar-refractivity contribution is 0.353. The average Bonchev–Trinajstić information content (AvgIpc) is 2.64. The van der Waals surface area contributed by atoms with Crippen LogP contribution in [0.25, 0.3) is 0 Å². The summed E-state index contributed by atoms with van der Waals surface area (Å²) in [6, 6.07) is 4.50. The molecule has 1 aliphatic rings. The summed E-state index contributed by atoms with van der Waals surface area (Å²) in [5.41, 5.74) is 4.29. The first kappa shape index (κ1) is 9.57. The molecular formula is C13H18O. The van der Waals surface area contributed by atoms with Gasteiger partial charge in [-0.15, -0.1) is 0 Å². The van der Waals surface area contributed by atoms with Gasteiger partial charge in [-0.2, -0.15) is 0 Å². The van der Waals surface area contributed by atoms with Crippen LogP contribution in [-0.2, 0) is 12.8 Å². The summed E-state index contributed by atoms with van der Waals surface area (Å²) in [5, 5.41) is 0. The van der Waals surface area contributed by atoms with Gasteiger partial charge in [0, 0.05) is 12.0 Å². The van der Waals surface area contributed by atoms with Crippen LogP contribution in [0.15, 0.2) is 12.1 Å². The van der Waals surface area contributed by atoms with Crippen LogP contribution in [0.5, 0.6) is 5.75 Å². The second kappa shape index (κ2) is 3.64. The fourth-order valence-electron chi connectivity index (χ4n) is 2.20. The van der Waals surface area contributed by atoms with Crippen molar-refractivity contribution in [1.29, 1.82) is 0 Å². The van der Waals surface area contributed by atoms with Crippen LogP contribution in [0.4, 0.5) is 0 Å². The Morgan fingerprint density at radius 1 is 1.36 bits per heavy atom. The van der Waals surface area contributed by atoms with Gasteiger partial charge in [-0.25, -0.2) is 0 Å². The Balaban J connectivity index is 2.53. The molecule has 76 valence electrons. The van der Waals surface area contributed by atoms with Crippen LogP contribution in [-0.4, -0.2) is 6.61 Å². The maximum Gasteiger partial charge on any atom is 0.126 e. The summed E-state index contributed by atoms with van der Waals surface area (Å²) >= 11 is 0. The Hall–Kier alpha value is -0.980. The second-order valence-electron chi connectivity index (χ2n) is 4.23. The zero-order valence-corrected chi connectivity index (χ0v) is 9.26. The molecule has 0 N–H and O–H groups in total. The highest BCUT2D eigenvalue weighted by Gasteiger charge is 2.20. The number of benzene rings is 1. The number of rotatable bonds is 2. The van der Waals surface area contributed by atoms with Gasteiger partial charge in [0.25, 0.3) is 0 Å². The summed E-state index contributed by atoms with van der Waals surface area (Å²) in [4.78, 5) is 0. The van der Waals surface area contributed by atoms with E-state index in [1.807, 2.05) is 0 Å². The first-order chi connectivity index (χ1) is 6.74. The molecule has 0 spiro atoms. The van der Waals surface area contributed by atoms with Crippen molar-refractivity contribution in [3.63, 3.8) is 0 Å². The third kappa shape index (κ3) is 1.41. The second-order valence-corrected chi connectivity index (χ2v) is 4.23. The summed E-state index contributed by atoms with van der Waals surface area (Å²) < 4.78 is 5.71. The molecule has 0 radical (unpaired) electrons. The number of fused-ring (bicyclic) bond motifs is 1. The van der Waals surface area contributed by atoms with E-state index < -0.39 is 0 Å². The molecule has 0 saturated carbocycles. The van der Waals surface area contributed by atoms with Crippen LogP contribution in [0.3, 0.4) is 0 Å². The Bertz CT molecular complexity index is 339. The van der Waals surface area contributed by atoms with Gasteiger partial charge in [-0.1, -0.05) is 32.9 Å². The molecule has 0 bridgehead atoms. The molecule has 0 aromatic heterocycles. The van der Waals surface area contributed by atoms with Crippen molar-refractivity contribution in [2.45, 2.75) is 39.5 Å². The van der Waals surface area contributed by atoms with Crippen LogP contribution in [0.1, 0.15) is 43.4 Å². The van der Waals surface area contributed by atoms with Gasteiger partial charge in [0.05, 0.1) is 6.61 Å². The standard InChI is InChI=1S/C13H18O/c1-4-10-5-6-11(9(2)3)12-7-8-14-13(10)12/h5-6,9H,4,7-8H2,1-3H3. The molecule has 0 amide bonds. The number of hydrogen-bond acceptors (Lipinski definition) is 1. The first-order valence-electron chi connectivity index (χ1n) is 5.51. The van der Waals surface area contributed by atoms with E-state index in [2.05, 4.69) is 32.9 Å². The van der Waals surface area contributed by atoms with E-state index in [1.54, 1.807) is 0 Å². The largest absolute Gasteiger partial charge is 0.493 e. The highest BCUT2D eigenvalue weighted by molar-refractivity contribution is 5.49. The maximum absolute atomic E-state index is 5.71. The molecule has 0 unspecified atom stereocenters. The van der Waals surface area contributed by atoms with Crippen molar-refractivity contribution in [3.05, 3.63) is 28.8 Å². The van der Waals surface area contributed by atoms with E-state index >= 15 is 0 Å². The van der Waals surface area contributed by atoms with Gasteiger partial charge in [0.15, 0.2) is 0 Å². The topological polar surface area (TPSA) is 9.23 Å².